The highest BCUT2D eigenvalue weighted by Crippen LogP contribution is 2.33. The van der Waals surface area contributed by atoms with Crippen molar-refractivity contribution in [3.8, 4) is 17.2 Å². The molecule has 0 aliphatic heterocycles. The fourth-order valence-electron chi connectivity index (χ4n) is 2.49. The number of fused-ring (bicyclic) bond motifs is 1. The van der Waals surface area contributed by atoms with Crippen LogP contribution in [0.1, 0.15) is 33.6 Å². The number of aliphatic hydroxyl groups is 1. The van der Waals surface area contributed by atoms with E-state index in [0.717, 1.165) is 18.4 Å². The molecular weight excluding hydrogens is 348 g/mol. The van der Waals surface area contributed by atoms with Gasteiger partial charge in [0.05, 0.1) is 12.0 Å². The molecule has 2 aromatic rings. The van der Waals surface area contributed by atoms with Crippen LogP contribution in [0, 0.1) is 0 Å². The number of allylic oxidation sites excluding steroid dienone is 3. The molecule has 6 heteroatoms. The number of ether oxygens (including phenoxy) is 2. The monoisotopic (exact) mass is 374 g/mol. The minimum atomic E-state index is -0.755. The van der Waals surface area contributed by atoms with E-state index in [0.29, 0.717) is 11.1 Å². The Balaban J connectivity index is 2.12. The van der Waals surface area contributed by atoms with Crippen molar-refractivity contribution in [2.45, 2.75) is 33.6 Å². The van der Waals surface area contributed by atoms with Crippen molar-refractivity contribution in [3.63, 3.8) is 0 Å². The van der Waals surface area contributed by atoms with Crippen LogP contribution in [0.2, 0.25) is 0 Å². The van der Waals surface area contributed by atoms with Crippen LogP contribution in [0.5, 0.6) is 17.2 Å². The molecular formula is C21H26O6. The molecule has 146 valence electrons. The van der Waals surface area contributed by atoms with Gasteiger partial charge in [-0.1, -0.05) is 17.2 Å². The zero-order valence-corrected chi connectivity index (χ0v) is 15.9. The maximum absolute atomic E-state index is 12.1. The van der Waals surface area contributed by atoms with Crippen molar-refractivity contribution in [1.29, 1.82) is 0 Å². The van der Waals surface area contributed by atoms with Crippen LogP contribution in [0.25, 0.3) is 11.0 Å². The summed E-state index contributed by atoms with van der Waals surface area (Å²) in [6, 6.07) is 4.69. The van der Waals surface area contributed by atoms with Crippen molar-refractivity contribution in [1.82, 2.24) is 0 Å². The minimum Gasteiger partial charge on any atom is -0.504 e. The molecule has 0 spiro atoms. The van der Waals surface area contributed by atoms with Crippen LogP contribution >= 0.6 is 0 Å². The Morgan fingerprint density at radius 3 is 2.67 bits per heavy atom. The second-order valence-electron chi connectivity index (χ2n) is 6.48. The minimum absolute atomic E-state index is 0.124. The van der Waals surface area contributed by atoms with E-state index in [9.17, 15) is 9.90 Å². The molecule has 0 bridgehead atoms. The first-order valence-corrected chi connectivity index (χ1v) is 8.87. The van der Waals surface area contributed by atoms with Crippen LogP contribution in [0.15, 0.2) is 50.7 Å². The SMILES string of the molecule is CC(C)=CCCC(C)=CCOc1c(O)c2ccc(OCCO)cc2oc1=O. The van der Waals surface area contributed by atoms with Gasteiger partial charge in [-0.25, -0.2) is 4.79 Å². The highest BCUT2D eigenvalue weighted by atomic mass is 16.5. The van der Waals surface area contributed by atoms with Crippen LogP contribution in [-0.2, 0) is 0 Å². The molecule has 6 nitrogen and oxygen atoms in total. The van der Waals surface area contributed by atoms with Gasteiger partial charge in [0.25, 0.3) is 0 Å². The molecule has 0 atom stereocenters. The third kappa shape index (κ3) is 5.89. The molecule has 2 rings (SSSR count). The molecule has 0 unspecified atom stereocenters. The summed E-state index contributed by atoms with van der Waals surface area (Å²) in [5, 5.41) is 19.5. The molecule has 0 aliphatic rings. The summed E-state index contributed by atoms with van der Waals surface area (Å²) >= 11 is 0. The standard InChI is InChI=1S/C21H26O6/c1-14(2)5-4-6-15(3)9-11-26-20-19(23)17-8-7-16(25-12-10-22)13-18(17)27-21(20)24/h5,7-9,13,22-23H,4,6,10-12H2,1-3H3. The van der Waals surface area contributed by atoms with E-state index >= 15 is 0 Å². The van der Waals surface area contributed by atoms with Crippen LogP contribution in [0.4, 0.5) is 0 Å². The summed E-state index contributed by atoms with van der Waals surface area (Å²) in [7, 11) is 0. The molecule has 1 heterocycles. The number of benzene rings is 1. The Kier molecular flexibility index (Phi) is 7.49. The van der Waals surface area contributed by atoms with Crippen molar-refractivity contribution < 1.29 is 24.1 Å². The molecule has 2 N–H and O–H groups in total. The van der Waals surface area contributed by atoms with Gasteiger partial charge in [-0.3, -0.25) is 0 Å². The Morgan fingerprint density at radius 2 is 1.96 bits per heavy atom. The smallest absolute Gasteiger partial charge is 0.383 e. The first kappa shape index (κ1) is 20.6. The average molecular weight is 374 g/mol. The number of rotatable bonds is 9. The van der Waals surface area contributed by atoms with Gasteiger partial charge in [-0.05, 0) is 51.8 Å². The fourth-order valence-corrected chi connectivity index (χ4v) is 2.49. The van der Waals surface area contributed by atoms with Crippen molar-refractivity contribution in [3.05, 3.63) is 51.9 Å². The maximum atomic E-state index is 12.1. The molecule has 0 saturated heterocycles. The Morgan fingerprint density at radius 1 is 1.19 bits per heavy atom. The highest BCUT2D eigenvalue weighted by molar-refractivity contribution is 5.86. The summed E-state index contributed by atoms with van der Waals surface area (Å²) < 4.78 is 16.0. The van der Waals surface area contributed by atoms with E-state index in [4.69, 9.17) is 19.0 Å². The average Bonchev–Trinajstić information content (AvgIpc) is 2.62. The fraction of sp³-hybridized carbons (Fsp3) is 0.381. The number of aromatic hydroxyl groups is 1. The number of hydrogen-bond donors (Lipinski definition) is 2. The lowest BCUT2D eigenvalue weighted by molar-refractivity contribution is 0.201. The molecule has 0 saturated carbocycles. The number of aliphatic hydroxyl groups excluding tert-OH is 1. The lowest BCUT2D eigenvalue weighted by Gasteiger charge is -2.09. The van der Waals surface area contributed by atoms with E-state index in [2.05, 4.69) is 19.9 Å². The van der Waals surface area contributed by atoms with E-state index in [1.807, 2.05) is 13.0 Å². The largest absolute Gasteiger partial charge is 0.504 e. The van der Waals surface area contributed by atoms with Gasteiger partial charge < -0.3 is 24.1 Å². The molecule has 1 aromatic heterocycles. The summed E-state index contributed by atoms with van der Waals surface area (Å²) in [4.78, 5) is 12.1. The quantitative estimate of drug-likeness (QED) is 0.510. The van der Waals surface area contributed by atoms with Gasteiger partial charge in [0.1, 0.15) is 24.5 Å². The summed E-state index contributed by atoms with van der Waals surface area (Å²) in [6.07, 6.45) is 5.91. The first-order chi connectivity index (χ1) is 12.9. The lowest BCUT2D eigenvalue weighted by atomic mass is 10.1. The lowest BCUT2D eigenvalue weighted by Crippen LogP contribution is -2.08. The normalized spacial score (nSPS) is 11.5. The van der Waals surface area contributed by atoms with Gasteiger partial charge in [0, 0.05) is 6.07 Å². The van der Waals surface area contributed by atoms with Gasteiger partial charge >= 0.3 is 5.63 Å². The molecule has 1 aromatic carbocycles. The number of hydrogen-bond acceptors (Lipinski definition) is 6. The third-order valence-electron chi connectivity index (χ3n) is 3.92. The molecule has 0 fully saturated rings. The topological polar surface area (TPSA) is 89.1 Å². The van der Waals surface area contributed by atoms with Gasteiger partial charge in [0.15, 0.2) is 5.75 Å². The Hall–Kier alpha value is -2.73. The predicted molar refractivity (Wildman–Crippen MR) is 105 cm³/mol. The zero-order valence-electron chi connectivity index (χ0n) is 15.9. The molecule has 0 radical (unpaired) electrons. The van der Waals surface area contributed by atoms with E-state index in [1.165, 1.54) is 11.6 Å². The third-order valence-corrected chi connectivity index (χ3v) is 3.92. The van der Waals surface area contributed by atoms with Gasteiger partial charge in [-0.15, -0.1) is 0 Å². The predicted octanol–water partition coefficient (Wildman–Crippen LogP) is 3.94. The molecule has 0 amide bonds. The second kappa shape index (κ2) is 9.83. The van der Waals surface area contributed by atoms with E-state index in [1.54, 1.807) is 12.1 Å². The van der Waals surface area contributed by atoms with Crippen LogP contribution in [-0.4, -0.2) is 30.0 Å². The summed E-state index contributed by atoms with van der Waals surface area (Å²) in [5.74, 6) is -0.0341. The zero-order chi connectivity index (χ0) is 19.8. The Bertz CT molecular complexity index is 887. The summed E-state index contributed by atoms with van der Waals surface area (Å²) in [6.45, 7) is 6.29. The highest BCUT2D eigenvalue weighted by Gasteiger charge is 2.15. The van der Waals surface area contributed by atoms with Gasteiger partial charge in [-0.2, -0.15) is 0 Å². The van der Waals surface area contributed by atoms with E-state index in [-0.39, 0.29) is 36.9 Å². The van der Waals surface area contributed by atoms with E-state index < -0.39 is 5.63 Å². The van der Waals surface area contributed by atoms with Crippen molar-refractivity contribution >= 4 is 11.0 Å². The second-order valence-corrected chi connectivity index (χ2v) is 6.48. The maximum Gasteiger partial charge on any atom is 0.383 e. The first-order valence-electron chi connectivity index (χ1n) is 8.87. The molecule has 27 heavy (non-hydrogen) atoms. The van der Waals surface area contributed by atoms with Crippen molar-refractivity contribution in [2.75, 3.05) is 19.8 Å². The van der Waals surface area contributed by atoms with Crippen LogP contribution < -0.4 is 15.1 Å². The molecule has 0 aliphatic carbocycles. The Labute approximate surface area is 158 Å². The van der Waals surface area contributed by atoms with Crippen LogP contribution in [0.3, 0.4) is 0 Å². The van der Waals surface area contributed by atoms with Crippen molar-refractivity contribution in [2.24, 2.45) is 0 Å². The summed E-state index contributed by atoms with van der Waals surface area (Å²) in [5.41, 5.74) is 1.86. The van der Waals surface area contributed by atoms with Gasteiger partial charge in [0.2, 0.25) is 5.75 Å².